The van der Waals surface area contributed by atoms with Crippen LogP contribution in [-0.4, -0.2) is 42.6 Å². The molecule has 0 bridgehead atoms. The fourth-order valence-corrected chi connectivity index (χ4v) is 6.67. The summed E-state index contributed by atoms with van der Waals surface area (Å²) in [7, 11) is -3.63. The number of carbonyl (C=O) groups is 2. The number of hydrazine groups is 1. The second kappa shape index (κ2) is 9.60. The van der Waals surface area contributed by atoms with E-state index in [2.05, 4.69) is 15.8 Å². The topological polar surface area (TPSA) is 111 Å². The highest BCUT2D eigenvalue weighted by molar-refractivity contribution is 7.89. The van der Waals surface area contributed by atoms with Crippen molar-refractivity contribution in [1.82, 2.24) is 20.1 Å². The van der Waals surface area contributed by atoms with Crippen molar-refractivity contribution in [3.8, 4) is 0 Å². The summed E-state index contributed by atoms with van der Waals surface area (Å²) in [6.45, 7) is 6.09. The molecule has 3 aromatic rings. The number of rotatable bonds is 5. The van der Waals surface area contributed by atoms with E-state index < -0.39 is 10.0 Å². The number of hydrogen-bond donors (Lipinski definition) is 3. The number of aromatic amines is 1. The van der Waals surface area contributed by atoms with E-state index in [1.165, 1.54) is 4.31 Å². The van der Waals surface area contributed by atoms with Gasteiger partial charge in [-0.25, -0.2) is 8.42 Å². The monoisotopic (exact) mass is 482 g/mol. The number of benzene rings is 2. The molecule has 3 N–H and O–H groups in total. The Bertz CT molecular complexity index is 1310. The molecular formula is C25H30N4O4S. The molecular weight excluding hydrogens is 452 g/mol. The summed E-state index contributed by atoms with van der Waals surface area (Å²) in [4.78, 5) is 28.4. The SMILES string of the molecule is Cc1cc(C)c(S(=O)(=O)N2CCC(C(=O)NNC(=O)Cc3c[nH]c4ccccc34)CC2)c(C)c1. The van der Waals surface area contributed by atoms with Crippen LogP contribution < -0.4 is 10.9 Å². The third-order valence-corrected chi connectivity index (χ3v) is 8.58. The van der Waals surface area contributed by atoms with Gasteiger partial charge in [0.1, 0.15) is 0 Å². The molecule has 0 spiro atoms. The number of para-hydroxylation sites is 1. The molecule has 2 amide bonds. The molecule has 0 saturated carbocycles. The minimum Gasteiger partial charge on any atom is -0.361 e. The Balaban J connectivity index is 1.31. The Morgan fingerprint density at radius 3 is 2.35 bits per heavy atom. The van der Waals surface area contributed by atoms with Crippen LogP contribution in [0.4, 0.5) is 0 Å². The van der Waals surface area contributed by atoms with Gasteiger partial charge in [0, 0.05) is 36.1 Å². The van der Waals surface area contributed by atoms with E-state index in [-0.39, 0.29) is 37.2 Å². The number of fused-ring (bicyclic) bond motifs is 1. The Hall–Kier alpha value is -3.17. The number of piperidine rings is 1. The molecule has 2 aromatic carbocycles. The van der Waals surface area contributed by atoms with Crippen molar-refractivity contribution < 1.29 is 18.0 Å². The molecule has 8 nitrogen and oxygen atoms in total. The molecule has 1 aliphatic heterocycles. The van der Waals surface area contributed by atoms with E-state index in [1.807, 2.05) is 57.2 Å². The van der Waals surface area contributed by atoms with Gasteiger partial charge in [0.05, 0.1) is 11.3 Å². The maximum Gasteiger partial charge on any atom is 0.243 e. The van der Waals surface area contributed by atoms with Gasteiger partial charge in [-0.2, -0.15) is 4.31 Å². The Labute approximate surface area is 199 Å². The summed E-state index contributed by atoms with van der Waals surface area (Å²) in [6.07, 6.45) is 2.72. The molecule has 0 aliphatic carbocycles. The van der Waals surface area contributed by atoms with Gasteiger partial charge in [0.2, 0.25) is 21.8 Å². The zero-order valence-corrected chi connectivity index (χ0v) is 20.5. The van der Waals surface area contributed by atoms with Crippen molar-refractivity contribution in [2.45, 2.75) is 44.9 Å². The predicted octanol–water partition coefficient (Wildman–Crippen LogP) is 2.88. The lowest BCUT2D eigenvalue weighted by atomic mass is 9.98. The zero-order chi connectivity index (χ0) is 24.5. The van der Waals surface area contributed by atoms with Gasteiger partial charge in [-0.3, -0.25) is 20.4 Å². The largest absolute Gasteiger partial charge is 0.361 e. The third kappa shape index (κ3) is 4.85. The summed E-state index contributed by atoms with van der Waals surface area (Å²) < 4.78 is 27.9. The van der Waals surface area contributed by atoms with E-state index in [4.69, 9.17) is 0 Å². The standard InChI is InChI=1S/C25H30N4O4S/c1-16-12-17(2)24(18(3)13-16)34(32,33)29-10-8-19(9-11-29)25(31)28-27-23(30)14-20-15-26-22-7-5-4-6-21(20)22/h4-7,12-13,15,19,26H,8-11,14H2,1-3H3,(H,27,30)(H,28,31). The van der Waals surface area contributed by atoms with Gasteiger partial charge in [-0.1, -0.05) is 35.9 Å². The molecule has 0 radical (unpaired) electrons. The van der Waals surface area contributed by atoms with Crippen molar-refractivity contribution >= 4 is 32.7 Å². The van der Waals surface area contributed by atoms with Gasteiger partial charge < -0.3 is 4.98 Å². The summed E-state index contributed by atoms with van der Waals surface area (Å²) >= 11 is 0. The number of nitrogens with one attached hydrogen (secondary N) is 3. The summed E-state index contributed by atoms with van der Waals surface area (Å²) in [5.74, 6) is -0.976. The second-order valence-electron chi connectivity index (χ2n) is 8.98. The quantitative estimate of drug-likeness (QED) is 0.486. The molecule has 1 aromatic heterocycles. The Morgan fingerprint density at radius 1 is 1.03 bits per heavy atom. The maximum absolute atomic E-state index is 13.2. The minimum absolute atomic E-state index is 0.135. The highest BCUT2D eigenvalue weighted by atomic mass is 32.2. The lowest BCUT2D eigenvalue weighted by molar-refractivity contribution is -0.131. The lowest BCUT2D eigenvalue weighted by Gasteiger charge is -2.31. The fraction of sp³-hybridized carbons (Fsp3) is 0.360. The maximum atomic E-state index is 13.2. The van der Waals surface area contributed by atoms with E-state index in [1.54, 1.807) is 6.20 Å². The lowest BCUT2D eigenvalue weighted by Crippen LogP contribution is -2.48. The van der Waals surface area contributed by atoms with Gasteiger partial charge in [-0.05, 0) is 56.4 Å². The molecule has 4 rings (SSSR count). The van der Waals surface area contributed by atoms with Crippen molar-refractivity contribution in [1.29, 1.82) is 0 Å². The third-order valence-electron chi connectivity index (χ3n) is 6.38. The molecule has 2 heterocycles. The van der Waals surface area contributed by atoms with Crippen LogP contribution in [0.2, 0.25) is 0 Å². The van der Waals surface area contributed by atoms with Crippen LogP contribution in [0.5, 0.6) is 0 Å². The van der Waals surface area contributed by atoms with E-state index >= 15 is 0 Å². The number of aryl methyl sites for hydroxylation is 3. The van der Waals surface area contributed by atoms with Crippen molar-refractivity contribution in [2.75, 3.05) is 13.1 Å². The van der Waals surface area contributed by atoms with Crippen LogP contribution >= 0.6 is 0 Å². The Morgan fingerprint density at radius 2 is 1.68 bits per heavy atom. The summed E-state index contributed by atoms with van der Waals surface area (Å²) in [5.41, 5.74) is 9.28. The number of carbonyl (C=O) groups excluding carboxylic acids is 2. The summed E-state index contributed by atoms with van der Waals surface area (Å²) in [6, 6.07) is 11.5. The van der Waals surface area contributed by atoms with Gasteiger partial charge in [0.25, 0.3) is 0 Å². The van der Waals surface area contributed by atoms with Crippen LogP contribution in [0.1, 0.15) is 35.1 Å². The van der Waals surface area contributed by atoms with Crippen LogP contribution in [-0.2, 0) is 26.0 Å². The number of nitrogens with zero attached hydrogens (tertiary/aromatic N) is 1. The van der Waals surface area contributed by atoms with E-state index in [0.29, 0.717) is 17.7 Å². The molecule has 180 valence electrons. The number of H-pyrrole nitrogens is 1. The molecule has 34 heavy (non-hydrogen) atoms. The second-order valence-corrected chi connectivity index (χ2v) is 10.9. The van der Waals surface area contributed by atoms with Crippen molar-refractivity contribution in [3.05, 3.63) is 64.8 Å². The normalized spacial score (nSPS) is 15.4. The first-order valence-electron chi connectivity index (χ1n) is 11.4. The molecule has 0 unspecified atom stereocenters. The number of sulfonamides is 1. The Kier molecular flexibility index (Phi) is 6.77. The minimum atomic E-state index is -3.63. The molecule has 1 aliphatic rings. The smallest absolute Gasteiger partial charge is 0.243 e. The molecule has 1 fully saturated rings. The number of aromatic nitrogens is 1. The highest BCUT2D eigenvalue weighted by Crippen LogP contribution is 2.28. The molecule has 9 heteroatoms. The van der Waals surface area contributed by atoms with Crippen LogP contribution in [0.3, 0.4) is 0 Å². The molecule has 1 saturated heterocycles. The highest BCUT2D eigenvalue weighted by Gasteiger charge is 2.33. The first-order valence-corrected chi connectivity index (χ1v) is 12.8. The number of hydrogen-bond acceptors (Lipinski definition) is 4. The average Bonchev–Trinajstić information content (AvgIpc) is 3.19. The van der Waals surface area contributed by atoms with E-state index in [9.17, 15) is 18.0 Å². The fourth-order valence-electron chi connectivity index (χ4n) is 4.79. The van der Waals surface area contributed by atoms with Crippen LogP contribution in [0.15, 0.2) is 47.5 Å². The van der Waals surface area contributed by atoms with Gasteiger partial charge >= 0.3 is 0 Å². The van der Waals surface area contributed by atoms with Gasteiger partial charge in [-0.15, -0.1) is 0 Å². The summed E-state index contributed by atoms with van der Waals surface area (Å²) in [5, 5.41) is 0.969. The predicted molar refractivity (Wildman–Crippen MR) is 130 cm³/mol. The van der Waals surface area contributed by atoms with Crippen molar-refractivity contribution in [3.63, 3.8) is 0 Å². The first kappa shape index (κ1) is 24.0. The van der Waals surface area contributed by atoms with Crippen LogP contribution in [0.25, 0.3) is 10.9 Å². The number of amides is 2. The van der Waals surface area contributed by atoms with Crippen LogP contribution in [0, 0.1) is 26.7 Å². The average molecular weight is 483 g/mol. The first-order chi connectivity index (χ1) is 16.2. The van der Waals surface area contributed by atoms with E-state index in [0.717, 1.165) is 33.2 Å². The zero-order valence-electron chi connectivity index (χ0n) is 19.6. The van der Waals surface area contributed by atoms with Crippen molar-refractivity contribution in [2.24, 2.45) is 5.92 Å². The van der Waals surface area contributed by atoms with Gasteiger partial charge in [0.15, 0.2) is 0 Å². The molecule has 0 atom stereocenters.